The fraction of sp³-hybridized carbons (Fsp3) is 0.389. The van der Waals surface area contributed by atoms with Crippen LogP contribution >= 0.6 is 11.3 Å². The third-order valence-corrected chi connectivity index (χ3v) is 5.17. The first-order valence-electron chi connectivity index (χ1n) is 8.38. The lowest BCUT2D eigenvalue weighted by molar-refractivity contribution is -0.148. The summed E-state index contributed by atoms with van der Waals surface area (Å²) in [6, 6.07) is 6.01. The van der Waals surface area contributed by atoms with Crippen molar-refractivity contribution < 1.29 is 18.7 Å². The van der Waals surface area contributed by atoms with Gasteiger partial charge in [0.05, 0.1) is 25.1 Å². The predicted octanol–water partition coefficient (Wildman–Crippen LogP) is 2.98. The largest absolute Gasteiger partial charge is 0.469 e. The van der Waals surface area contributed by atoms with Gasteiger partial charge in [0.1, 0.15) is 5.82 Å². The van der Waals surface area contributed by atoms with E-state index in [4.69, 9.17) is 4.74 Å². The summed E-state index contributed by atoms with van der Waals surface area (Å²) in [7, 11) is 1.39. The molecule has 1 aromatic carbocycles. The molecule has 8 heteroatoms. The van der Waals surface area contributed by atoms with Crippen molar-refractivity contribution in [3.8, 4) is 0 Å². The summed E-state index contributed by atoms with van der Waals surface area (Å²) < 4.78 is 17.7. The van der Waals surface area contributed by atoms with Crippen molar-refractivity contribution in [2.45, 2.75) is 19.3 Å². The minimum Gasteiger partial charge on any atom is -0.469 e. The number of methoxy groups -OCH3 is 1. The molecule has 6 nitrogen and oxygen atoms in total. The molecule has 1 fully saturated rings. The van der Waals surface area contributed by atoms with Crippen molar-refractivity contribution in [2.75, 3.05) is 25.5 Å². The van der Waals surface area contributed by atoms with Gasteiger partial charge in [0.25, 0.3) is 0 Å². The first kappa shape index (κ1) is 18.3. The van der Waals surface area contributed by atoms with E-state index < -0.39 is 0 Å². The molecule has 1 aliphatic heterocycles. The SMILES string of the molecule is COC(=O)C1CCN(C(=O)Cc2csc(Nc3ccc(F)cc3)n2)CC1. The summed E-state index contributed by atoms with van der Waals surface area (Å²) in [6.45, 7) is 1.12. The van der Waals surface area contributed by atoms with Gasteiger partial charge in [-0.2, -0.15) is 0 Å². The van der Waals surface area contributed by atoms with Crippen LogP contribution in [0.5, 0.6) is 0 Å². The maximum Gasteiger partial charge on any atom is 0.308 e. The fourth-order valence-corrected chi connectivity index (χ4v) is 3.63. The molecule has 3 rings (SSSR count). The number of anilines is 2. The first-order chi connectivity index (χ1) is 12.5. The molecule has 26 heavy (non-hydrogen) atoms. The second-order valence-electron chi connectivity index (χ2n) is 6.13. The van der Waals surface area contributed by atoms with Crippen LogP contribution in [0.1, 0.15) is 18.5 Å². The highest BCUT2D eigenvalue weighted by Crippen LogP contribution is 2.23. The number of carbonyl (C=O) groups excluding carboxylic acids is 2. The third-order valence-electron chi connectivity index (χ3n) is 4.36. The smallest absolute Gasteiger partial charge is 0.308 e. The molecule has 0 spiro atoms. The lowest BCUT2D eigenvalue weighted by Gasteiger charge is -2.30. The Labute approximate surface area is 155 Å². The van der Waals surface area contributed by atoms with Crippen molar-refractivity contribution in [3.63, 3.8) is 0 Å². The van der Waals surface area contributed by atoms with Crippen molar-refractivity contribution in [1.82, 2.24) is 9.88 Å². The number of nitrogens with one attached hydrogen (secondary N) is 1. The molecule has 0 saturated carbocycles. The molecule has 0 aliphatic carbocycles. The molecule has 1 saturated heterocycles. The number of halogens is 1. The second-order valence-corrected chi connectivity index (χ2v) is 6.99. The minimum absolute atomic E-state index is 0.00643. The summed E-state index contributed by atoms with van der Waals surface area (Å²) in [5, 5.41) is 5.59. The van der Waals surface area contributed by atoms with Gasteiger partial charge in [-0.1, -0.05) is 0 Å². The first-order valence-corrected chi connectivity index (χ1v) is 9.25. The topological polar surface area (TPSA) is 71.5 Å². The van der Waals surface area contributed by atoms with Crippen LogP contribution in [0.25, 0.3) is 0 Å². The van der Waals surface area contributed by atoms with Gasteiger partial charge in [0.2, 0.25) is 5.91 Å². The van der Waals surface area contributed by atoms with Crippen molar-refractivity contribution in [2.24, 2.45) is 5.92 Å². The van der Waals surface area contributed by atoms with Crippen LogP contribution in [0.3, 0.4) is 0 Å². The Bertz CT molecular complexity index is 770. The van der Waals surface area contributed by atoms with Gasteiger partial charge >= 0.3 is 5.97 Å². The molecule has 2 aromatic rings. The van der Waals surface area contributed by atoms with Gasteiger partial charge < -0.3 is 15.0 Å². The average Bonchev–Trinajstić information content (AvgIpc) is 3.10. The van der Waals surface area contributed by atoms with E-state index in [2.05, 4.69) is 10.3 Å². The number of rotatable bonds is 5. The Morgan fingerprint density at radius 2 is 2.00 bits per heavy atom. The average molecular weight is 377 g/mol. The van der Waals surface area contributed by atoms with Crippen molar-refractivity contribution in [3.05, 3.63) is 41.2 Å². The van der Waals surface area contributed by atoms with E-state index in [-0.39, 0.29) is 30.0 Å². The normalized spacial score (nSPS) is 14.9. The van der Waals surface area contributed by atoms with Gasteiger partial charge in [-0.25, -0.2) is 9.37 Å². The van der Waals surface area contributed by atoms with Gasteiger partial charge in [-0.3, -0.25) is 9.59 Å². The maximum atomic E-state index is 12.9. The van der Waals surface area contributed by atoms with E-state index in [1.165, 1.54) is 30.6 Å². The molecule has 1 aromatic heterocycles. The number of hydrogen-bond donors (Lipinski definition) is 1. The Kier molecular flexibility index (Phi) is 5.82. The molecule has 0 radical (unpaired) electrons. The van der Waals surface area contributed by atoms with E-state index in [0.717, 1.165) is 5.69 Å². The highest BCUT2D eigenvalue weighted by molar-refractivity contribution is 7.13. The quantitative estimate of drug-likeness (QED) is 0.811. The van der Waals surface area contributed by atoms with Crippen LogP contribution in [0.4, 0.5) is 15.2 Å². The Morgan fingerprint density at radius 1 is 1.31 bits per heavy atom. The number of likely N-dealkylation sites (tertiary alicyclic amines) is 1. The van der Waals surface area contributed by atoms with Gasteiger partial charge in [0, 0.05) is 24.2 Å². The van der Waals surface area contributed by atoms with Crippen LogP contribution in [-0.2, 0) is 20.7 Å². The number of amides is 1. The summed E-state index contributed by atoms with van der Waals surface area (Å²) >= 11 is 1.40. The standard InChI is InChI=1S/C18H20FN3O3S/c1-25-17(24)12-6-8-22(9-7-12)16(23)10-15-11-26-18(21-15)20-14-4-2-13(19)3-5-14/h2-5,11-12H,6-10H2,1H3,(H,20,21). The zero-order valence-corrected chi connectivity index (χ0v) is 15.2. The molecule has 2 heterocycles. The van der Waals surface area contributed by atoms with Crippen LogP contribution in [-0.4, -0.2) is 42.0 Å². The third kappa shape index (κ3) is 4.57. The van der Waals surface area contributed by atoms with Gasteiger partial charge in [-0.15, -0.1) is 11.3 Å². The Hall–Kier alpha value is -2.48. The highest BCUT2D eigenvalue weighted by Gasteiger charge is 2.28. The molecule has 138 valence electrons. The minimum atomic E-state index is -0.294. The Morgan fingerprint density at radius 3 is 2.65 bits per heavy atom. The number of aromatic nitrogens is 1. The summed E-state index contributed by atoms with van der Waals surface area (Å²) in [4.78, 5) is 30.2. The molecular weight excluding hydrogens is 357 g/mol. The van der Waals surface area contributed by atoms with Crippen LogP contribution < -0.4 is 5.32 Å². The predicted molar refractivity (Wildman–Crippen MR) is 96.8 cm³/mol. The Balaban J connectivity index is 1.52. The summed E-state index contributed by atoms with van der Waals surface area (Å²) in [6.07, 6.45) is 1.49. The summed E-state index contributed by atoms with van der Waals surface area (Å²) in [5.74, 6) is -0.605. The maximum absolute atomic E-state index is 12.9. The molecule has 1 amide bonds. The lowest BCUT2D eigenvalue weighted by Crippen LogP contribution is -2.41. The van der Waals surface area contributed by atoms with Crippen molar-refractivity contribution in [1.29, 1.82) is 0 Å². The molecule has 0 atom stereocenters. The number of ether oxygens (including phenoxy) is 1. The van der Waals surface area contributed by atoms with Crippen molar-refractivity contribution >= 4 is 34.0 Å². The number of nitrogens with zero attached hydrogens (tertiary/aromatic N) is 2. The molecular formula is C18H20FN3O3S. The number of hydrogen-bond acceptors (Lipinski definition) is 6. The van der Waals surface area contributed by atoms with E-state index in [9.17, 15) is 14.0 Å². The summed E-state index contributed by atoms with van der Waals surface area (Å²) in [5.41, 5.74) is 1.43. The van der Waals surface area contributed by atoms with E-state index in [1.54, 1.807) is 17.0 Å². The highest BCUT2D eigenvalue weighted by atomic mass is 32.1. The second kappa shape index (κ2) is 8.27. The zero-order chi connectivity index (χ0) is 18.5. The zero-order valence-electron chi connectivity index (χ0n) is 14.4. The monoisotopic (exact) mass is 377 g/mol. The van der Waals surface area contributed by atoms with Gasteiger partial charge in [0.15, 0.2) is 5.13 Å². The lowest BCUT2D eigenvalue weighted by atomic mass is 9.97. The van der Waals surface area contributed by atoms with Crippen LogP contribution in [0.15, 0.2) is 29.6 Å². The van der Waals surface area contributed by atoms with E-state index >= 15 is 0 Å². The number of piperidine rings is 1. The molecule has 0 unspecified atom stereocenters. The fourth-order valence-electron chi connectivity index (χ4n) is 2.90. The number of esters is 1. The van der Waals surface area contributed by atoms with Crippen LogP contribution in [0, 0.1) is 11.7 Å². The molecule has 1 N–H and O–H groups in total. The molecule has 1 aliphatic rings. The number of thiazole rings is 1. The number of benzene rings is 1. The van der Waals surface area contributed by atoms with E-state index in [0.29, 0.717) is 36.8 Å². The molecule has 0 bridgehead atoms. The van der Waals surface area contributed by atoms with Gasteiger partial charge in [-0.05, 0) is 37.1 Å². The van der Waals surface area contributed by atoms with E-state index in [1.807, 2.05) is 5.38 Å². The van der Waals surface area contributed by atoms with Crippen LogP contribution in [0.2, 0.25) is 0 Å². The number of carbonyl (C=O) groups is 2.